The lowest BCUT2D eigenvalue weighted by molar-refractivity contribution is -0.144. The van der Waals surface area contributed by atoms with Crippen LogP contribution in [0.5, 0.6) is 0 Å². The second-order valence-electron chi connectivity index (χ2n) is 7.34. The summed E-state index contributed by atoms with van der Waals surface area (Å²) < 4.78 is 5.45. The van der Waals surface area contributed by atoms with Crippen molar-refractivity contribution in [1.82, 2.24) is 0 Å². The topological polar surface area (TPSA) is 46.5 Å². The van der Waals surface area contributed by atoms with Crippen LogP contribution in [-0.2, 0) is 9.53 Å². The molecule has 0 aromatic carbocycles. The summed E-state index contributed by atoms with van der Waals surface area (Å²) in [5.41, 5.74) is 2.86. The van der Waals surface area contributed by atoms with Gasteiger partial charge in [0.1, 0.15) is 6.10 Å². The Hall–Kier alpha value is -1.61. The highest BCUT2D eigenvalue weighted by Crippen LogP contribution is 2.18. The third-order valence-electron chi connectivity index (χ3n) is 3.99. The molecule has 3 heteroatoms. The number of hydrogen-bond acceptors (Lipinski definition) is 3. The number of allylic oxidation sites excluding steroid dienone is 4. The molecule has 0 aromatic heterocycles. The van der Waals surface area contributed by atoms with Gasteiger partial charge in [-0.1, -0.05) is 34.9 Å². The van der Waals surface area contributed by atoms with Crippen LogP contribution in [0.25, 0.3) is 0 Å². The molecule has 0 spiro atoms. The lowest BCUT2D eigenvalue weighted by atomic mass is 9.98. The smallest absolute Gasteiger partial charge is 0.303 e. The number of aliphatic hydroxyl groups is 1. The molecule has 0 bridgehead atoms. The third kappa shape index (κ3) is 13.4. The van der Waals surface area contributed by atoms with Crippen molar-refractivity contribution in [3.05, 3.63) is 47.6 Å². The summed E-state index contributed by atoms with van der Waals surface area (Å²) in [6.07, 6.45) is 11.7. The average Bonchev–Trinajstić information content (AvgIpc) is 2.45. The standard InChI is InChI=1S/C22H36O3/c1-8-22(7,24)14-10-13-19(5)16-21(25-20(6)23)15-18(4)12-9-11-17(2)3/h8,11,13,15,21,24H,1,9-10,12,14,16H2,2-7H3. The molecule has 25 heavy (non-hydrogen) atoms. The number of esters is 1. The molecule has 0 radical (unpaired) electrons. The Kier molecular flexibility index (Phi) is 11.1. The normalized spacial score (nSPS) is 16.0. The van der Waals surface area contributed by atoms with Crippen LogP contribution in [0.2, 0.25) is 0 Å². The van der Waals surface area contributed by atoms with Crippen LogP contribution in [0.1, 0.15) is 73.6 Å². The second-order valence-corrected chi connectivity index (χ2v) is 7.34. The Morgan fingerprint density at radius 3 is 2.28 bits per heavy atom. The third-order valence-corrected chi connectivity index (χ3v) is 3.99. The van der Waals surface area contributed by atoms with Crippen LogP contribution in [0.15, 0.2) is 47.6 Å². The molecule has 0 fully saturated rings. The number of ether oxygens (including phenoxy) is 1. The van der Waals surface area contributed by atoms with Crippen molar-refractivity contribution in [3.8, 4) is 0 Å². The van der Waals surface area contributed by atoms with Crippen molar-refractivity contribution >= 4 is 5.97 Å². The predicted octanol–water partition coefficient (Wildman–Crippen LogP) is 5.66. The van der Waals surface area contributed by atoms with Crippen molar-refractivity contribution in [2.75, 3.05) is 0 Å². The van der Waals surface area contributed by atoms with Gasteiger partial charge in [0.05, 0.1) is 5.60 Å². The van der Waals surface area contributed by atoms with Gasteiger partial charge in [-0.15, -0.1) is 6.58 Å². The number of hydrogen-bond donors (Lipinski definition) is 1. The molecule has 2 atom stereocenters. The van der Waals surface area contributed by atoms with Crippen molar-refractivity contribution in [2.45, 2.75) is 85.4 Å². The van der Waals surface area contributed by atoms with E-state index >= 15 is 0 Å². The minimum atomic E-state index is -0.840. The van der Waals surface area contributed by atoms with Gasteiger partial charge in [-0.25, -0.2) is 0 Å². The summed E-state index contributed by atoms with van der Waals surface area (Å²) in [7, 11) is 0. The quantitative estimate of drug-likeness (QED) is 0.387. The molecule has 0 saturated carbocycles. The molecule has 0 aliphatic rings. The van der Waals surface area contributed by atoms with Crippen LogP contribution in [0, 0.1) is 0 Å². The molecular weight excluding hydrogens is 312 g/mol. The van der Waals surface area contributed by atoms with E-state index in [4.69, 9.17) is 4.74 Å². The highest BCUT2D eigenvalue weighted by Gasteiger charge is 2.14. The van der Waals surface area contributed by atoms with E-state index in [1.54, 1.807) is 13.0 Å². The fourth-order valence-electron chi connectivity index (χ4n) is 2.45. The maximum Gasteiger partial charge on any atom is 0.303 e. The number of rotatable bonds is 11. The zero-order valence-corrected chi connectivity index (χ0v) is 16.9. The summed E-state index contributed by atoms with van der Waals surface area (Å²) in [4.78, 5) is 11.4. The first kappa shape index (κ1) is 23.4. The monoisotopic (exact) mass is 348 g/mol. The SMILES string of the molecule is C=CC(C)(O)CCC=C(C)CC(C=C(C)CCC=C(C)C)OC(C)=O. The van der Waals surface area contributed by atoms with Crippen LogP contribution >= 0.6 is 0 Å². The van der Waals surface area contributed by atoms with Gasteiger partial charge in [0.25, 0.3) is 0 Å². The fraction of sp³-hybridized carbons (Fsp3) is 0.591. The predicted molar refractivity (Wildman–Crippen MR) is 106 cm³/mol. The van der Waals surface area contributed by atoms with Crippen molar-refractivity contribution in [3.63, 3.8) is 0 Å². The van der Waals surface area contributed by atoms with Gasteiger partial charge in [-0.05, 0) is 66.4 Å². The molecule has 2 unspecified atom stereocenters. The Balaban J connectivity index is 4.77. The second kappa shape index (κ2) is 11.9. The first-order chi connectivity index (χ1) is 11.6. The Bertz CT molecular complexity index is 517. The molecule has 1 N–H and O–H groups in total. The van der Waals surface area contributed by atoms with Gasteiger partial charge in [-0.2, -0.15) is 0 Å². The van der Waals surface area contributed by atoms with E-state index in [0.717, 1.165) is 24.8 Å². The van der Waals surface area contributed by atoms with E-state index in [2.05, 4.69) is 45.6 Å². The summed E-state index contributed by atoms with van der Waals surface area (Å²) in [5, 5.41) is 9.95. The maximum atomic E-state index is 11.4. The molecule has 0 amide bonds. The lowest BCUT2D eigenvalue weighted by Gasteiger charge is -2.18. The van der Waals surface area contributed by atoms with Crippen LogP contribution < -0.4 is 0 Å². The summed E-state index contributed by atoms with van der Waals surface area (Å²) >= 11 is 0. The van der Waals surface area contributed by atoms with Crippen molar-refractivity contribution in [1.29, 1.82) is 0 Å². The van der Waals surface area contributed by atoms with Gasteiger partial charge < -0.3 is 9.84 Å². The van der Waals surface area contributed by atoms with Crippen LogP contribution in [-0.4, -0.2) is 22.8 Å². The zero-order valence-electron chi connectivity index (χ0n) is 16.9. The molecule has 3 nitrogen and oxygen atoms in total. The Morgan fingerprint density at radius 1 is 1.12 bits per heavy atom. The minimum absolute atomic E-state index is 0.236. The van der Waals surface area contributed by atoms with Crippen molar-refractivity contribution < 1.29 is 14.6 Å². The van der Waals surface area contributed by atoms with E-state index in [1.807, 2.05) is 6.92 Å². The van der Waals surface area contributed by atoms with Crippen LogP contribution in [0.3, 0.4) is 0 Å². The molecule has 0 aliphatic carbocycles. The number of carbonyl (C=O) groups is 1. The van der Waals surface area contributed by atoms with E-state index in [-0.39, 0.29) is 12.1 Å². The summed E-state index contributed by atoms with van der Waals surface area (Å²) in [5.74, 6) is -0.263. The first-order valence-corrected chi connectivity index (χ1v) is 9.05. The van der Waals surface area contributed by atoms with Crippen LogP contribution in [0.4, 0.5) is 0 Å². The molecular formula is C22H36O3. The molecule has 142 valence electrons. The Labute approximate surface area is 154 Å². The maximum absolute atomic E-state index is 11.4. The van der Waals surface area contributed by atoms with Gasteiger partial charge in [-0.3, -0.25) is 4.79 Å². The fourth-order valence-corrected chi connectivity index (χ4v) is 2.45. The molecule has 0 saturated heterocycles. The van der Waals surface area contributed by atoms with Gasteiger partial charge in [0, 0.05) is 13.3 Å². The van der Waals surface area contributed by atoms with E-state index < -0.39 is 5.60 Å². The molecule has 0 aliphatic heterocycles. The molecule has 0 heterocycles. The largest absolute Gasteiger partial charge is 0.458 e. The van der Waals surface area contributed by atoms with E-state index in [9.17, 15) is 9.90 Å². The zero-order chi connectivity index (χ0) is 19.5. The summed E-state index contributed by atoms with van der Waals surface area (Å²) in [6.45, 7) is 15.1. The Morgan fingerprint density at radius 2 is 1.76 bits per heavy atom. The highest BCUT2D eigenvalue weighted by molar-refractivity contribution is 5.66. The number of carbonyl (C=O) groups excluding carboxylic acids is 1. The van der Waals surface area contributed by atoms with Gasteiger partial charge in [0.15, 0.2) is 0 Å². The van der Waals surface area contributed by atoms with E-state index in [1.165, 1.54) is 18.1 Å². The minimum Gasteiger partial charge on any atom is -0.458 e. The molecule has 0 rings (SSSR count). The first-order valence-electron chi connectivity index (χ1n) is 9.05. The van der Waals surface area contributed by atoms with Gasteiger partial charge >= 0.3 is 5.97 Å². The molecule has 0 aromatic rings. The highest BCUT2D eigenvalue weighted by atomic mass is 16.5. The summed E-state index contributed by atoms with van der Waals surface area (Å²) in [6, 6.07) is 0. The van der Waals surface area contributed by atoms with Gasteiger partial charge in [0.2, 0.25) is 0 Å². The lowest BCUT2D eigenvalue weighted by Crippen LogP contribution is -2.19. The average molecular weight is 349 g/mol. The van der Waals surface area contributed by atoms with E-state index in [0.29, 0.717) is 12.8 Å². The van der Waals surface area contributed by atoms with Crippen molar-refractivity contribution in [2.24, 2.45) is 0 Å².